The third-order valence-electron chi connectivity index (χ3n) is 4.59. The Morgan fingerprint density at radius 3 is 3.10 bits per heavy atom. The van der Waals surface area contributed by atoms with E-state index in [-0.39, 0.29) is 0 Å². The lowest BCUT2D eigenvalue weighted by Gasteiger charge is -2.29. The van der Waals surface area contributed by atoms with E-state index in [4.69, 9.17) is 9.47 Å². The van der Waals surface area contributed by atoms with Gasteiger partial charge in [0, 0.05) is 45.2 Å². The lowest BCUT2D eigenvalue weighted by molar-refractivity contribution is 0.0604. The molecule has 3 rings (SSSR count). The van der Waals surface area contributed by atoms with Crippen LogP contribution in [0.4, 0.5) is 0 Å². The van der Waals surface area contributed by atoms with E-state index >= 15 is 0 Å². The first kappa shape index (κ1) is 14.0. The summed E-state index contributed by atoms with van der Waals surface area (Å²) >= 11 is 0. The van der Waals surface area contributed by atoms with Gasteiger partial charge in [-0.25, -0.2) is 0 Å². The molecule has 3 atom stereocenters. The predicted molar refractivity (Wildman–Crippen MR) is 77.6 cm³/mol. The Hall–Kier alpha value is -0.970. The molecule has 2 aliphatic heterocycles. The van der Waals surface area contributed by atoms with Crippen LogP contribution in [0.2, 0.25) is 0 Å². The molecule has 0 aliphatic carbocycles. The summed E-state index contributed by atoms with van der Waals surface area (Å²) in [5, 5.41) is 0. The first-order valence-corrected chi connectivity index (χ1v) is 7.60. The third-order valence-corrected chi connectivity index (χ3v) is 4.59. The fourth-order valence-corrected chi connectivity index (χ4v) is 3.47. The summed E-state index contributed by atoms with van der Waals surface area (Å²) in [7, 11) is 1.84. The van der Waals surface area contributed by atoms with Gasteiger partial charge in [0.25, 0.3) is 0 Å². The van der Waals surface area contributed by atoms with Crippen LogP contribution in [0.1, 0.15) is 18.4 Å². The largest absolute Gasteiger partial charge is 0.381 e. The van der Waals surface area contributed by atoms with Gasteiger partial charge in [0.15, 0.2) is 0 Å². The molecule has 0 radical (unpaired) electrons. The second kappa shape index (κ2) is 6.66. The van der Waals surface area contributed by atoms with Gasteiger partial charge in [-0.3, -0.25) is 9.88 Å². The van der Waals surface area contributed by atoms with E-state index in [1.807, 2.05) is 25.6 Å². The molecule has 2 saturated heterocycles. The Morgan fingerprint density at radius 2 is 2.40 bits per heavy atom. The van der Waals surface area contributed by atoms with Crippen LogP contribution in [0.3, 0.4) is 0 Å². The molecule has 2 fully saturated rings. The van der Waals surface area contributed by atoms with Crippen molar-refractivity contribution in [3.8, 4) is 0 Å². The van der Waals surface area contributed by atoms with Crippen LogP contribution in [-0.2, 0) is 15.9 Å². The fourth-order valence-electron chi connectivity index (χ4n) is 3.47. The summed E-state index contributed by atoms with van der Waals surface area (Å²) < 4.78 is 11.2. The Kier molecular flexibility index (Phi) is 4.65. The number of aromatic nitrogens is 1. The molecule has 0 aromatic carbocycles. The molecule has 0 bridgehead atoms. The van der Waals surface area contributed by atoms with Crippen molar-refractivity contribution < 1.29 is 9.47 Å². The Labute approximate surface area is 121 Å². The molecule has 2 aliphatic rings. The van der Waals surface area contributed by atoms with Gasteiger partial charge in [0.2, 0.25) is 0 Å². The first-order chi connectivity index (χ1) is 9.86. The van der Waals surface area contributed by atoms with Crippen molar-refractivity contribution >= 4 is 0 Å². The van der Waals surface area contributed by atoms with E-state index in [1.54, 1.807) is 0 Å². The Balaban J connectivity index is 1.65. The average Bonchev–Trinajstić information content (AvgIpc) is 3.11. The number of hydrogen-bond acceptors (Lipinski definition) is 4. The van der Waals surface area contributed by atoms with E-state index in [1.165, 1.54) is 12.0 Å². The zero-order chi connectivity index (χ0) is 13.8. The monoisotopic (exact) mass is 276 g/mol. The summed E-state index contributed by atoms with van der Waals surface area (Å²) in [5.41, 5.74) is 1.30. The first-order valence-electron chi connectivity index (χ1n) is 7.60. The molecule has 0 spiro atoms. The lowest BCUT2D eigenvalue weighted by Crippen LogP contribution is -2.40. The maximum Gasteiger partial charge on any atom is 0.0741 e. The predicted octanol–water partition coefficient (Wildman–Crippen LogP) is 1.75. The molecule has 1 unspecified atom stereocenters. The maximum absolute atomic E-state index is 5.70. The van der Waals surface area contributed by atoms with Crippen molar-refractivity contribution in [2.24, 2.45) is 5.92 Å². The minimum Gasteiger partial charge on any atom is -0.381 e. The quantitative estimate of drug-likeness (QED) is 0.820. The molecule has 1 aromatic rings. The minimum atomic E-state index is 0.345. The highest BCUT2D eigenvalue weighted by Crippen LogP contribution is 2.26. The minimum absolute atomic E-state index is 0.345. The smallest absolute Gasteiger partial charge is 0.0741 e. The Morgan fingerprint density at radius 1 is 1.45 bits per heavy atom. The third kappa shape index (κ3) is 3.19. The van der Waals surface area contributed by atoms with E-state index in [0.717, 1.165) is 39.1 Å². The summed E-state index contributed by atoms with van der Waals surface area (Å²) in [6, 6.07) is 4.65. The van der Waals surface area contributed by atoms with Crippen LogP contribution in [0.5, 0.6) is 0 Å². The Bertz CT molecular complexity index is 406. The van der Waals surface area contributed by atoms with Gasteiger partial charge >= 0.3 is 0 Å². The normalized spacial score (nSPS) is 30.9. The molecule has 110 valence electrons. The molecule has 0 N–H and O–H groups in total. The molecule has 0 saturated carbocycles. The van der Waals surface area contributed by atoms with Crippen LogP contribution in [-0.4, -0.2) is 55.4 Å². The molecule has 0 amide bonds. The second-order valence-electron chi connectivity index (χ2n) is 5.92. The molecule has 4 heteroatoms. The highest BCUT2D eigenvalue weighted by molar-refractivity contribution is 5.12. The number of nitrogens with zero attached hydrogens (tertiary/aromatic N) is 2. The number of ether oxygens (including phenoxy) is 2. The van der Waals surface area contributed by atoms with E-state index < -0.39 is 0 Å². The van der Waals surface area contributed by atoms with E-state index in [2.05, 4.69) is 16.0 Å². The number of methoxy groups -OCH3 is 1. The summed E-state index contributed by atoms with van der Waals surface area (Å²) in [6.07, 6.45) is 7.52. The molecular formula is C16H24N2O2. The van der Waals surface area contributed by atoms with E-state index in [9.17, 15) is 0 Å². The fraction of sp³-hybridized carbons (Fsp3) is 0.688. The SMILES string of the molecule is CO[C@@H]1CCN(CC2CCOC2)[C@H]1Cc1cccnc1. The lowest BCUT2D eigenvalue weighted by atomic mass is 10.0. The topological polar surface area (TPSA) is 34.6 Å². The van der Waals surface area contributed by atoms with Gasteiger partial charge in [-0.05, 0) is 36.8 Å². The summed E-state index contributed by atoms with van der Waals surface area (Å²) in [5.74, 6) is 0.696. The van der Waals surface area contributed by atoms with Crippen LogP contribution in [0, 0.1) is 5.92 Å². The highest BCUT2D eigenvalue weighted by Gasteiger charge is 2.35. The molecular weight excluding hydrogens is 252 g/mol. The maximum atomic E-state index is 5.70. The van der Waals surface area contributed by atoms with Crippen molar-refractivity contribution in [2.45, 2.75) is 31.4 Å². The van der Waals surface area contributed by atoms with Gasteiger partial charge in [0.05, 0.1) is 12.7 Å². The number of rotatable bonds is 5. The van der Waals surface area contributed by atoms with Crippen molar-refractivity contribution in [3.63, 3.8) is 0 Å². The number of pyridine rings is 1. The van der Waals surface area contributed by atoms with Crippen LogP contribution in [0.25, 0.3) is 0 Å². The van der Waals surface area contributed by atoms with Gasteiger partial charge in [-0.15, -0.1) is 0 Å². The van der Waals surface area contributed by atoms with Crippen molar-refractivity contribution in [1.82, 2.24) is 9.88 Å². The number of hydrogen-bond donors (Lipinski definition) is 0. The van der Waals surface area contributed by atoms with Crippen molar-refractivity contribution in [3.05, 3.63) is 30.1 Å². The van der Waals surface area contributed by atoms with Crippen LogP contribution < -0.4 is 0 Å². The van der Waals surface area contributed by atoms with E-state index in [0.29, 0.717) is 18.1 Å². The molecule has 20 heavy (non-hydrogen) atoms. The van der Waals surface area contributed by atoms with Crippen molar-refractivity contribution in [2.75, 3.05) is 33.4 Å². The van der Waals surface area contributed by atoms with Gasteiger partial charge in [-0.1, -0.05) is 6.07 Å². The average molecular weight is 276 g/mol. The molecule has 4 nitrogen and oxygen atoms in total. The highest BCUT2D eigenvalue weighted by atomic mass is 16.5. The van der Waals surface area contributed by atoms with Gasteiger partial charge < -0.3 is 9.47 Å². The summed E-state index contributed by atoms with van der Waals surface area (Å²) in [6.45, 7) is 4.14. The van der Waals surface area contributed by atoms with Gasteiger partial charge in [0.1, 0.15) is 0 Å². The zero-order valence-corrected chi connectivity index (χ0v) is 12.2. The van der Waals surface area contributed by atoms with Crippen LogP contribution >= 0.6 is 0 Å². The second-order valence-corrected chi connectivity index (χ2v) is 5.92. The number of likely N-dealkylation sites (tertiary alicyclic amines) is 1. The van der Waals surface area contributed by atoms with Crippen molar-refractivity contribution in [1.29, 1.82) is 0 Å². The zero-order valence-electron chi connectivity index (χ0n) is 12.2. The standard InChI is InChI=1S/C16H24N2O2/c1-19-16-4-7-18(11-14-5-8-20-12-14)15(16)9-13-3-2-6-17-10-13/h2-3,6,10,14-16H,4-5,7-9,11-12H2,1H3/t14?,15-,16+/m0/s1. The molecule has 1 aromatic heterocycles. The molecule has 3 heterocycles. The summed E-state index contributed by atoms with van der Waals surface area (Å²) in [4.78, 5) is 6.82. The van der Waals surface area contributed by atoms with Gasteiger partial charge in [-0.2, -0.15) is 0 Å². The van der Waals surface area contributed by atoms with Crippen LogP contribution in [0.15, 0.2) is 24.5 Å².